The molecule has 3 rings (SSSR count). The summed E-state index contributed by atoms with van der Waals surface area (Å²) in [6, 6.07) is 21.5. The van der Waals surface area contributed by atoms with E-state index in [-0.39, 0.29) is 17.1 Å². The first-order chi connectivity index (χ1) is 14.3. The van der Waals surface area contributed by atoms with Crippen LogP contribution in [0, 0.1) is 0 Å². The van der Waals surface area contributed by atoms with Gasteiger partial charge in [0.05, 0.1) is 17.6 Å². The van der Waals surface area contributed by atoms with Crippen LogP contribution >= 0.6 is 0 Å². The maximum Gasteiger partial charge on any atom is 0.271 e. The molecule has 0 aliphatic carbocycles. The lowest BCUT2D eigenvalue weighted by atomic mass is 9.87. The zero-order chi connectivity index (χ0) is 21.6. The van der Waals surface area contributed by atoms with Crippen LogP contribution < -0.4 is 5.43 Å². The average molecular weight is 400 g/mol. The van der Waals surface area contributed by atoms with Crippen molar-refractivity contribution >= 4 is 23.5 Å². The minimum absolute atomic E-state index is 0.0214. The number of hydrogen-bond acceptors (Lipinski definition) is 5. The van der Waals surface area contributed by atoms with Crippen molar-refractivity contribution in [2.75, 3.05) is 0 Å². The predicted octanol–water partition coefficient (Wildman–Crippen LogP) is 5.87. The van der Waals surface area contributed by atoms with Gasteiger partial charge in [0.2, 0.25) is 0 Å². The van der Waals surface area contributed by atoms with Gasteiger partial charge in [-0.25, -0.2) is 5.43 Å². The Hall–Kier alpha value is -3.80. The SMILES string of the molecule is CC(C)(C)c1ccc(C(=O)N/N=C/c2cc(N=Nc3ccccc3)ccc2O)cc1. The second kappa shape index (κ2) is 9.13. The second-order valence-electron chi connectivity index (χ2n) is 7.81. The zero-order valence-electron chi connectivity index (χ0n) is 17.2. The van der Waals surface area contributed by atoms with Crippen LogP contribution in [-0.4, -0.2) is 17.2 Å². The van der Waals surface area contributed by atoms with Gasteiger partial charge in [-0.1, -0.05) is 51.1 Å². The third-order valence-corrected chi connectivity index (χ3v) is 4.43. The molecule has 0 spiro atoms. The minimum atomic E-state index is -0.328. The van der Waals surface area contributed by atoms with Crippen LogP contribution in [0.3, 0.4) is 0 Å². The number of carbonyl (C=O) groups excluding carboxylic acids is 1. The lowest BCUT2D eigenvalue weighted by molar-refractivity contribution is 0.0955. The minimum Gasteiger partial charge on any atom is -0.507 e. The van der Waals surface area contributed by atoms with Crippen LogP contribution in [0.1, 0.15) is 42.3 Å². The zero-order valence-corrected chi connectivity index (χ0v) is 17.2. The van der Waals surface area contributed by atoms with Crippen molar-refractivity contribution in [2.24, 2.45) is 15.3 Å². The molecule has 6 nitrogen and oxygen atoms in total. The number of benzene rings is 3. The fourth-order valence-corrected chi connectivity index (χ4v) is 2.66. The van der Waals surface area contributed by atoms with Crippen molar-refractivity contribution in [1.82, 2.24) is 5.43 Å². The van der Waals surface area contributed by atoms with Gasteiger partial charge in [0.1, 0.15) is 5.75 Å². The van der Waals surface area contributed by atoms with Gasteiger partial charge < -0.3 is 5.11 Å². The van der Waals surface area contributed by atoms with Gasteiger partial charge in [0.25, 0.3) is 5.91 Å². The van der Waals surface area contributed by atoms with Crippen molar-refractivity contribution in [1.29, 1.82) is 0 Å². The molecule has 0 fully saturated rings. The molecule has 152 valence electrons. The van der Waals surface area contributed by atoms with Crippen molar-refractivity contribution in [3.63, 3.8) is 0 Å². The second-order valence-corrected chi connectivity index (χ2v) is 7.81. The summed E-state index contributed by atoms with van der Waals surface area (Å²) in [5.41, 5.74) is 5.86. The van der Waals surface area contributed by atoms with Crippen molar-refractivity contribution in [3.8, 4) is 5.75 Å². The Labute approximate surface area is 176 Å². The number of phenolic OH excluding ortho intramolecular Hbond substituents is 1. The third-order valence-electron chi connectivity index (χ3n) is 4.43. The molecule has 3 aromatic rings. The van der Waals surface area contributed by atoms with E-state index in [2.05, 4.69) is 41.5 Å². The maximum absolute atomic E-state index is 12.3. The van der Waals surface area contributed by atoms with Crippen LogP contribution in [0.15, 0.2) is 88.1 Å². The Kier molecular flexibility index (Phi) is 6.37. The molecule has 0 radical (unpaired) electrons. The van der Waals surface area contributed by atoms with Crippen molar-refractivity contribution < 1.29 is 9.90 Å². The Morgan fingerprint density at radius 3 is 2.23 bits per heavy atom. The molecule has 0 bridgehead atoms. The van der Waals surface area contributed by atoms with Gasteiger partial charge in [-0.05, 0) is 53.4 Å². The number of rotatable bonds is 5. The van der Waals surface area contributed by atoms with Crippen molar-refractivity contribution in [2.45, 2.75) is 26.2 Å². The Balaban J connectivity index is 1.67. The Morgan fingerprint density at radius 2 is 1.57 bits per heavy atom. The van der Waals surface area contributed by atoms with Crippen LogP contribution in [0.4, 0.5) is 11.4 Å². The molecule has 30 heavy (non-hydrogen) atoms. The maximum atomic E-state index is 12.3. The highest BCUT2D eigenvalue weighted by Crippen LogP contribution is 2.24. The van der Waals surface area contributed by atoms with E-state index in [0.29, 0.717) is 16.8 Å². The molecule has 0 aliphatic rings. The van der Waals surface area contributed by atoms with Crippen LogP contribution in [-0.2, 0) is 5.41 Å². The van der Waals surface area contributed by atoms with E-state index in [4.69, 9.17) is 0 Å². The lowest BCUT2D eigenvalue weighted by Gasteiger charge is -2.18. The van der Waals surface area contributed by atoms with Gasteiger partial charge >= 0.3 is 0 Å². The molecule has 0 atom stereocenters. The normalized spacial score (nSPS) is 11.8. The number of nitrogens with zero attached hydrogens (tertiary/aromatic N) is 3. The fraction of sp³-hybridized carbons (Fsp3) is 0.167. The number of nitrogens with one attached hydrogen (secondary N) is 1. The van der Waals surface area contributed by atoms with E-state index in [9.17, 15) is 9.90 Å². The number of amides is 1. The molecule has 2 N–H and O–H groups in total. The summed E-state index contributed by atoms with van der Waals surface area (Å²) in [5, 5.41) is 22.3. The third kappa shape index (κ3) is 5.61. The summed E-state index contributed by atoms with van der Waals surface area (Å²) < 4.78 is 0. The standard InChI is InChI=1S/C24H24N4O2/c1-24(2,3)19-11-9-17(10-12-19)23(30)28-25-16-18-15-21(13-14-22(18)29)27-26-20-7-5-4-6-8-20/h4-16,29H,1-3H3,(H,28,30)/b25-16+,27-26?. The van der Waals surface area contributed by atoms with E-state index < -0.39 is 0 Å². The number of hydrazone groups is 1. The Bertz CT molecular complexity index is 1070. The first kappa shape index (κ1) is 20.9. The Morgan fingerprint density at radius 1 is 0.900 bits per heavy atom. The lowest BCUT2D eigenvalue weighted by Crippen LogP contribution is -2.18. The highest BCUT2D eigenvalue weighted by Gasteiger charge is 2.14. The molecule has 0 unspecified atom stereocenters. The number of azo groups is 1. The van der Waals surface area contributed by atoms with Gasteiger partial charge in [-0.3, -0.25) is 4.79 Å². The summed E-state index contributed by atoms with van der Waals surface area (Å²) in [6.45, 7) is 6.35. The van der Waals surface area contributed by atoms with E-state index in [1.165, 1.54) is 12.3 Å². The van der Waals surface area contributed by atoms with E-state index in [0.717, 1.165) is 11.3 Å². The highest BCUT2D eigenvalue weighted by molar-refractivity contribution is 5.95. The van der Waals surface area contributed by atoms with E-state index >= 15 is 0 Å². The number of aromatic hydroxyl groups is 1. The molecule has 1 amide bonds. The number of hydrogen-bond donors (Lipinski definition) is 2. The molecular weight excluding hydrogens is 376 g/mol. The van der Waals surface area contributed by atoms with Gasteiger partial charge in [0.15, 0.2) is 0 Å². The van der Waals surface area contributed by atoms with Gasteiger partial charge in [0, 0.05) is 11.1 Å². The number of carbonyl (C=O) groups is 1. The monoisotopic (exact) mass is 400 g/mol. The largest absolute Gasteiger partial charge is 0.507 e. The van der Waals surface area contributed by atoms with Gasteiger partial charge in [-0.2, -0.15) is 15.3 Å². The van der Waals surface area contributed by atoms with Crippen LogP contribution in [0.2, 0.25) is 0 Å². The molecule has 0 saturated heterocycles. The quantitative estimate of drug-likeness (QED) is 0.319. The first-order valence-electron chi connectivity index (χ1n) is 9.57. The first-order valence-corrected chi connectivity index (χ1v) is 9.57. The van der Waals surface area contributed by atoms with E-state index in [1.807, 2.05) is 42.5 Å². The summed E-state index contributed by atoms with van der Waals surface area (Å²) in [6.07, 6.45) is 1.37. The van der Waals surface area contributed by atoms with Crippen molar-refractivity contribution in [3.05, 3.63) is 89.5 Å². The average Bonchev–Trinajstić information content (AvgIpc) is 2.74. The molecule has 6 heteroatoms. The molecule has 0 aromatic heterocycles. The summed E-state index contributed by atoms with van der Waals surface area (Å²) in [4.78, 5) is 12.3. The summed E-state index contributed by atoms with van der Waals surface area (Å²) in [7, 11) is 0. The number of phenols is 1. The molecule has 0 heterocycles. The molecule has 3 aromatic carbocycles. The fourth-order valence-electron chi connectivity index (χ4n) is 2.66. The predicted molar refractivity (Wildman–Crippen MR) is 119 cm³/mol. The van der Waals surface area contributed by atoms with Crippen LogP contribution in [0.5, 0.6) is 5.75 Å². The molecule has 0 saturated carbocycles. The van der Waals surface area contributed by atoms with Gasteiger partial charge in [-0.15, -0.1) is 0 Å². The topological polar surface area (TPSA) is 86.4 Å². The molecular formula is C24H24N4O2. The van der Waals surface area contributed by atoms with E-state index in [1.54, 1.807) is 24.3 Å². The van der Waals surface area contributed by atoms with Crippen LogP contribution in [0.25, 0.3) is 0 Å². The summed E-state index contributed by atoms with van der Waals surface area (Å²) >= 11 is 0. The summed E-state index contributed by atoms with van der Waals surface area (Å²) in [5.74, 6) is -0.299. The molecule has 0 aliphatic heterocycles. The highest BCUT2D eigenvalue weighted by atomic mass is 16.3. The smallest absolute Gasteiger partial charge is 0.271 e.